The molecule has 0 saturated carbocycles. The van der Waals surface area contributed by atoms with Gasteiger partial charge in [-0.05, 0) is 111 Å². The SMILES string of the molecule is c1ccc(-c2cc(-c3ccccc3)nc(-n3c4ccccc4c4cc(-c5ccc6c(c5)c5ccccc5n6-c5ccc(-c6ccc7ccccc7c6)cc5)ccc43)c2)cc1. The third-order valence-electron chi connectivity index (χ3n) is 12.1. The molecule has 60 heavy (non-hydrogen) atoms. The Hall–Kier alpha value is -8.01. The van der Waals surface area contributed by atoms with Crippen LogP contribution in [0, 0.1) is 0 Å². The van der Waals surface area contributed by atoms with Crippen molar-refractivity contribution in [1.29, 1.82) is 0 Å². The maximum Gasteiger partial charge on any atom is 0.138 e. The van der Waals surface area contributed by atoms with Gasteiger partial charge in [-0.25, -0.2) is 4.98 Å². The summed E-state index contributed by atoms with van der Waals surface area (Å²) in [5.74, 6) is 0.897. The molecule has 9 aromatic carbocycles. The molecule has 3 nitrogen and oxygen atoms in total. The van der Waals surface area contributed by atoms with Crippen LogP contribution >= 0.6 is 0 Å². The minimum absolute atomic E-state index is 0.897. The quantitative estimate of drug-likeness (QED) is 0.165. The van der Waals surface area contributed by atoms with Gasteiger partial charge < -0.3 is 4.57 Å². The van der Waals surface area contributed by atoms with E-state index in [0.29, 0.717) is 0 Å². The Kier molecular flexibility index (Phi) is 7.85. The highest BCUT2D eigenvalue weighted by Gasteiger charge is 2.18. The first-order valence-corrected chi connectivity index (χ1v) is 20.5. The van der Waals surface area contributed by atoms with Crippen LogP contribution < -0.4 is 0 Å². The summed E-state index contributed by atoms with van der Waals surface area (Å²) in [7, 11) is 0. The summed E-state index contributed by atoms with van der Waals surface area (Å²) in [6.45, 7) is 0. The third-order valence-corrected chi connectivity index (χ3v) is 12.1. The molecule has 0 aliphatic rings. The molecule has 0 N–H and O–H groups in total. The summed E-state index contributed by atoms with van der Waals surface area (Å²) in [5.41, 5.74) is 14.9. The fraction of sp³-hybridized carbons (Fsp3) is 0. The summed E-state index contributed by atoms with van der Waals surface area (Å²) in [4.78, 5) is 5.33. The zero-order valence-electron chi connectivity index (χ0n) is 32.7. The first-order chi connectivity index (χ1) is 29.7. The van der Waals surface area contributed by atoms with Gasteiger partial charge in [0, 0.05) is 32.8 Å². The molecular weight excluding hydrogens is 727 g/mol. The molecule has 3 heterocycles. The highest BCUT2D eigenvalue weighted by atomic mass is 15.1. The van der Waals surface area contributed by atoms with Crippen molar-refractivity contribution in [3.05, 3.63) is 224 Å². The van der Waals surface area contributed by atoms with Crippen molar-refractivity contribution in [3.8, 4) is 56.1 Å². The van der Waals surface area contributed by atoms with Crippen molar-refractivity contribution < 1.29 is 0 Å². The smallest absolute Gasteiger partial charge is 0.138 e. The number of rotatable bonds is 6. The molecule has 0 radical (unpaired) electrons. The lowest BCUT2D eigenvalue weighted by atomic mass is 10.0. The molecule has 0 aliphatic heterocycles. The molecule has 0 spiro atoms. The second-order valence-corrected chi connectivity index (χ2v) is 15.6. The van der Waals surface area contributed by atoms with Crippen LogP contribution in [0.25, 0.3) is 111 Å². The van der Waals surface area contributed by atoms with E-state index in [1.54, 1.807) is 0 Å². The highest BCUT2D eigenvalue weighted by Crippen LogP contribution is 2.39. The van der Waals surface area contributed by atoms with Gasteiger partial charge in [-0.1, -0.05) is 158 Å². The van der Waals surface area contributed by atoms with Crippen molar-refractivity contribution in [2.45, 2.75) is 0 Å². The van der Waals surface area contributed by atoms with Crippen molar-refractivity contribution >= 4 is 54.4 Å². The largest absolute Gasteiger partial charge is 0.309 e. The Morgan fingerprint density at radius 1 is 0.267 bits per heavy atom. The number of benzene rings is 9. The average molecular weight is 764 g/mol. The van der Waals surface area contributed by atoms with E-state index in [4.69, 9.17) is 4.98 Å². The number of nitrogens with zero attached hydrogens (tertiary/aromatic N) is 3. The van der Waals surface area contributed by atoms with Crippen LogP contribution in [0.1, 0.15) is 0 Å². The minimum atomic E-state index is 0.897. The third kappa shape index (κ3) is 5.63. The summed E-state index contributed by atoms with van der Waals surface area (Å²) in [5, 5.41) is 7.39. The molecule has 12 rings (SSSR count). The van der Waals surface area contributed by atoms with E-state index in [-0.39, 0.29) is 0 Å². The number of fused-ring (bicyclic) bond motifs is 7. The average Bonchev–Trinajstić information content (AvgIpc) is 3.84. The lowest BCUT2D eigenvalue weighted by Crippen LogP contribution is -2.00. The summed E-state index contributed by atoms with van der Waals surface area (Å²) in [6, 6.07) is 81.1. The first kappa shape index (κ1) is 34.1. The molecule has 0 fully saturated rings. The molecule has 0 unspecified atom stereocenters. The van der Waals surface area contributed by atoms with Gasteiger partial charge >= 0.3 is 0 Å². The maximum absolute atomic E-state index is 5.33. The van der Waals surface area contributed by atoms with E-state index >= 15 is 0 Å². The number of pyridine rings is 1. The van der Waals surface area contributed by atoms with Crippen LogP contribution in [0.15, 0.2) is 224 Å². The molecule has 0 bridgehead atoms. The number of aromatic nitrogens is 3. The second-order valence-electron chi connectivity index (χ2n) is 15.6. The molecule has 0 aliphatic carbocycles. The van der Waals surface area contributed by atoms with Crippen molar-refractivity contribution in [2.24, 2.45) is 0 Å². The fourth-order valence-corrected chi connectivity index (χ4v) is 9.19. The molecule has 0 atom stereocenters. The second kappa shape index (κ2) is 13.8. The zero-order valence-corrected chi connectivity index (χ0v) is 32.7. The standard InChI is InChI=1S/C57H37N3/c1-3-13-38(14-4-1)46-36-52(41-16-5-2-6-17-41)58-57(37-46)60-54-22-12-10-20-49(54)51-35-45(28-32-56(51)60)44-27-31-55-50(34-44)48-19-9-11-21-53(48)59(55)47-29-25-40(26-30-47)43-24-23-39-15-7-8-18-42(39)33-43/h1-37H. The van der Waals surface area contributed by atoms with Crippen LogP contribution in [0.2, 0.25) is 0 Å². The van der Waals surface area contributed by atoms with Crippen LogP contribution in [0.4, 0.5) is 0 Å². The van der Waals surface area contributed by atoms with E-state index in [9.17, 15) is 0 Å². The van der Waals surface area contributed by atoms with Gasteiger partial charge in [-0.2, -0.15) is 0 Å². The Labute approximate surface area is 347 Å². The molecule has 3 aromatic heterocycles. The molecule has 12 aromatic rings. The van der Waals surface area contributed by atoms with E-state index in [2.05, 4.69) is 234 Å². The Morgan fingerprint density at radius 3 is 1.43 bits per heavy atom. The van der Waals surface area contributed by atoms with Crippen molar-refractivity contribution in [2.75, 3.05) is 0 Å². The van der Waals surface area contributed by atoms with Crippen LogP contribution in [-0.4, -0.2) is 14.1 Å². The predicted molar refractivity (Wildman–Crippen MR) is 252 cm³/mol. The molecule has 3 heteroatoms. The lowest BCUT2D eigenvalue weighted by molar-refractivity contribution is 1.08. The first-order valence-electron chi connectivity index (χ1n) is 20.5. The minimum Gasteiger partial charge on any atom is -0.309 e. The number of para-hydroxylation sites is 2. The highest BCUT2D eigenvalue weighted by molar-refractivity contribution is 6.12. The van der Waals surface area contributed by atoms with E-state index in [1.807, 2.05) is 0 Å². The monoisotopic (exact) mass is 763 g/mol. The zero-order chi connectivity index (χ0) is 39.6. The van der Waals surface area contributed by atoms with Crippen LogP contribution in [0.5, 0.6) is 0 Å². The summed E-state index contributed by atoms with van der Waals surface area (Å²) >= 11 is 0. The van der Waals surface area contributed by atoms with Crippen LogP contribution in [0.3, 0.4) is 0 Å². The molecule has 0 amide bonds. The Morgan fingerprint density at radius 2 is 0.750 bits per heavy atom. The van der Waals surface area contributed by atoms with Crippen molar-refractivity contribution in [1.82, 2.24) is 14.1 Å². The molecule has 0 saturated heterocycles. The lowest BCUT2D eigenvalue weighted by Gasteiger charge is -2.13. The van der Waals surface area contributed by atoms with Gasteiger partial charge in [0.2, 0.25) is 0 Å². The fourth-order valence-electron chi connectivity index (χ4n) is 9.19. The summed E-state index contributed by atoms with van der Waals surface area (Å²) < 4.78 is 4.73. The van der Waals surface area contributed by atoms with E-state index in [0.717, 1.165) is 44.9 Å². The topological polar surface area (TPSA) is 22.8 Å². The predicted octanol–water partition coefficient (Wildman–Crippen LogP) is 15.1. The maximum atomic E-state index is 5.33. The van der Waals surface area contributed by atoms with Gasteiger partial charge in [0.1, 0.15) is 5.82 Å². The number of hydrogen-bond donors (Lipinski definition) is 0. The van der Waals surface area contributed by atoms with Gasteiger partial charge in [0.25, 0.3) is 0 Å². The van der Waals surface area contributed by atoms with Crippen molar-refractivity contribution in [3.63, 3.8) is 0 Å². The summed E-state index contributed by atoms with van der Waals surface area (Å²) in [6.07, 6.45) is 0. The number of hydrogen-bond acceptors (Lipinski definition) is 1. The van der Waals surface area contributed by atoms with E-state index in [1.165, 1.54) is 65.6 Å². The van der Waals surface area contributed by atoms with Gasteiger partial charge in [-0.3, -0.25) is 4.57 Å². The van der Waals surface area contributed by atoms with Gasteiger partial charge in [-0.15, -0.1) is 0 Å². The molecule has 280 valence electrons. The van der Waals surface area contributed by atoms with Crippen LogP contribution in [-0.2, 0) is 0 Å². The van der Waals surface area contributed by atoms with Gasteiger partial charge in [0.15, 0.2) is 0 Å². The normalized spacial score (nSPS) is 11.7. The van der Waals surface area contributed by atoms with E-state index < -0.39 is 0 Å². The molecular formula is C57H37N3. The van der Waals surface area contributed by atoms with Gasteiger partial charge in [0.05, 0.1) is 27.8 Å². The Balaban J connectivity index is 0.974. The Bertz CT molecular complexity index is 3520.